The zero-order valence-electron chi connectivity index (χ0n) is 18.6. The van der Waals surface area contributed by atoms with Gasteiger partial charge in [-0.05, 0) is 42.3 Å². The Bertz CT molecular complexity index is 1180. The second-order valence-electron chi connectivity index (χ2n) is 7.10. The van der Waals surface area contributed by atoms with Crippen molar-refractivity contribution in [3.05, 3.63) is 65.3 Å². The predicted octanol–water partition coefficient (Wildman–Crippen LogP) is 1.76. The summed E-state index contributed by atoms with van der Waals surface area (Å²) < 4.78 is 20.8. The number of primary amides is 1. The SMILES string of the molecule is C=CCc1cc(/C=C2\NC(=O)N(Cc3ccc(C(=O)OC)o3)C2=O)cc(OC)c1OCC(N)=O. The lowest BCUT2D eigenvalue weighted by Gasteiger charge is -2.15. The Balaban J connectivity index is 1.86. The fourth-order valence-corrected chi connectivity index (χ4v) is 3.24. The van der Waals surface area contributed by atoms with Gasteiger partial charge in [0.2, 0.25) is 5.76 Å². The van der Waals surface area contributed by atoms with E-state index in [0.717, 1.165) is 4.90 Å². The van der Waals surface area contributed by atoms with Crippen LogP contribution in [0.5, 0.6) is 11.5 Å². The molecule has 3 rings (SSSR count). The van der Waals surface area contributed by atoms with Gasteiger partial charge in [-0.3, -0.25) is 14.5 Å². The molecule has 34 heavy (non-hydrogen) atoms. The second kappa shape index (κ2) is 10.4. The molecule has 1 aliphatic heterocycles. The molecule has 4 amide bonds. The normalized spacial score (nSPS) is 14.2. The van der Waals surface area contributed by atoms with Crippen molar-refractivity contribution < 1.29 is 37.8 Å². The number of urea groups is 1. The zero-order valence-corrected chi connectivity index (χ0v) is 18.6. The number of imide groups is 1. The molecule has 0 atom stereocenters. The van der Waals surface area contributed by atoms with Gasteiger partial charge in [-0.2, -0.15) is 0 Å². The number of ether oxygens (including phenoxy) is 3. The highest BCUT2D eigenvalue weighted by Crippen LogP contribution is 2.34. The summed E-state index contributed by atoms with van der Waals surface area (Å²) in [4.78, 5) is 48.9. The summed E-state index contributed by atoms with van der Waals surface area (Å²) in [7, 11) is 2.64. The van der Waals surface area contributed by atoms with E-state index in [9.17, 15) is 19.2 Å². The van der Waals surface area contributed by atoms with Crippen molar-refractivity contribution in [3.8, 4) is 11.5 Å². The Kier molecular flexibility index (Phi) is 7.36. The van der Waals surface area contributed by atoms with E-state index in [4.69, 9.17) is 19.6 Å². The lowest BCUT2D eigenvalue weighted by molar-refractivity contribution is -0.123. The van der Waals surface area contributed by atoms with E-state index in [-0.39, 0.29) is 30.4 Å². The minimum atomic E-state index is -0.670. The number of hydrogen-bond donors (Lipinski definition) is 2. The standard InChI is InChI=1S/C23H23N3O8/c1-4-5-14-8-13(10-18(31-2)20(14)33-12-19(24)27)9-16-21(28)26(23(30)25-16)11-15-6-7-17(34-15)22(29)32-3/h4,6-10H,1,5,11-12H2,2-3H3,(H2,24,27)(H,25,30)/b16-9-. The molecule has 1 saturated heterocycles. The van der Waals surface area contributed by atoms with Crippen molar-refractivity contribution in [2.75, 3.05) is 20.8 Å². The highest BCUT2D eigenvalue weighted by atomic mass is 16.5. The van der Waals surface area contributed by atoms with Crippen LogP contribution in [0.15, 0.2) is 47.0 Å². The van der Waals surface area contributed by atoms with Crippen LogP contribution in [-0.4, -0.2) is 49.5 Å². The average molecular weight is 469 g/mol. The van der Waals surface area contributed by atoms with Crippen LogP contribution in [0.3, 0.4) is 0 Å². The molecule has 1 aromatic heterocycles. The largest absolute Gasteiger partial charge is 0.493 e. The monoisotopic (exact) mass is 469 g/mol. The Morgan fingerprint density at radius 2 is 2.00 bits per heavy atom. The molecule has 0 radical (unpaired) electrons. The lowest BCUT2D eigenvalue weighted by Crippen LogP contribution is -2.30. The molecular weight excluding hydrogens is 446 g/mol. The van der Waals surface area contributed by atoms with Crippen LogP contribution in [-0.2, 0) is 27.3 Å². The third-order valence-corrected chi connectivity index (χ3v) is 4.73. The van der Waals surface area contributed by atoms with E-state index in [0.29, 0.717) is 29.0 Å². The van der Waals surface area contributed by atoms with E-state index in [1.807, 2.05) is 0 Å². The van der Waals surface area contributed by atoms with Gasteiger partial charge in [0.05, 0.1) is 20.8 Å². The summed E-state index contributed by atoms with van der Waals surface area (Å²) in [5.41, 5.74) is 6.38. The lowest BCUT2D eigenvalue weighted by atomic mass is 10.0. The van der Waals surface area contributed by atoms with Crippen LogP contribution < -0.4 is 20.5 Å². The van der Waals surface area contributed by atoms with E-state index in [1.165, 1.54) is 32.4 Å². The molecule has 1 aliphatic rings. The maximum atomic E-state index is 12.8. The number of hydrogen-bond acceptors (Lipinski definition) is 8. The third kappa shape index (κ3) is 5.26. The molecule has 2 aromatic rings. The van der Waals surface area contributed by atoms with Gasteiger partial charge in [0.15, 0.2) is 18.1 Å². The topological polar surface area (TPSA) is 150 Å². The fourth-order valence-electron chi connectivity index (χ4n) is 3.24. The van der Waals surface area contributed by atoms with Crippen LogP contribution in [0.4, 0.5) is 4.79 Å². The minimum absolute atomic E-state index is 0.0298. The van der Waals surface area contributed by atoms with Gasteiger partial charge in [-0.15, -0.1) is 6.58 Å². The average Bonchev–Trinajstić information content (AvgIpc) is 3.38. The number of carbonyl (C=O) groups is 4. The Morgan fingerprint density at radius 1 is 1.24 bits per heavy atom. The van der Waals surface area contributed by atoms with Crippen LogP contribution >= 0.6 is 0 Å². The number of benzene rings is 1. The van der Waals surface area contributed by atoms with Crippen molar-refractivity contribution in [1.29, 1.82) is 0 Å². The zero-order chi connectivity index (χ0) is 24.8. The highest BCUT2D eigenvalue weighted by molar-refractivity contribution is 6.13. The van der Waals surface area contributed by atoms with Crippen molar-refractivity contribution in [2.24, 2.45) is 5.73 Å². The van der Waals surface area contributed by atoms with Crippen molar-refractivity contribution >= 4 is 29.9 Å². The number of nitrogens with zero attached hydrogens (tertiary/aromatic N) is 1. The van der Waals surface area contributed by atoms with Gasteiger partial charge in [0.25, 0.3) is 11.8 Å². The second-order valence-corrected chi connectivity index (χ2v) is 7.10. The van der Waals surface area contributed by atoms with Crippen molar-refractivity contribution in [1.82, 2.24) is 10.2 Å². The van der Waals surface area contributed by atoms with E-state index < -0.39 is 23.8 Å². The first-order valence-electron chi connectivity index (χ1n) is 10.0. The van der Waals surface area contributed by atoms with Gasteiger partial charge < -0.3 is 29.7 Å². The van der Waals surface area contributed by atoms with Gasteiger partial charge in [0.1, 0.15) is 11.5 Å². The third-order valence-electron chi connectivity index (χ3n) is 4.73. The Labute approximate surface area is 194 Å². The molecule has 178 valence electrons. The number of furan rings is 1. The van der Waals surface area contributed by atoms with Crippen LogP contribution in [0.2, 0.25) is 0 Å². The number of amides is 4. The van der Waals surface area contributed by atoms with Crippen LogP contribution in [0, 0.1) is 0 Å². The molecule has 1 aromatic carbocycles. The molecule has 11 heteroatoms. The fraction of sp³-hybridized carbons (Fsp3) is 0.217. The maximum Gasteiger partial charge on any atom is 0.373 e. The molecule has 0 unspecified atom stereocenters. The molecule has 0 spiro atoms. The molecule has 0 aliphatic carbocycles. The van der Waals surface area contributed by atoms with Gasteiger partial charge in [-0.25, -0.2) is 9.59 Å². The van der Waals surface area contributed by atoms with Gasteiger partial charge in [0, 0.05) is 5.56 Å². The summed E-state index contributed by atoms with van der Waals surface area (Å²) in [6.07, 6.45) is 3.50. The number of rotatable bonds is 10. The Hall–Kier alpha value is -4.54. The number of allylic oxidation sites excluding steroid dienone is 1. The molecule has 0 saturated carbocycles. The molecule has 11 nitrogen and oxygen atoms in total. The summed E-state index contributed by atoms with van der Waals surface area (Å²) in [5.74, 6) is -1.07. The van der Waals surface area contributed by atoms with E-state index in [2.05, 4.69) is 16.6 Å². The first-order chi connectivity index (χ1) is 16.3. The molecular formula is C23H23N3O8. The molecule has 2 heterocycles. The van der Waals surface area contributed by atoms with Crippen LogP contribution in [0.1, 0.15) is 27.4 Å². The van der Waals surface area contributed by atoms with Gasteiger partial charge in [-0.1, -0.05) is 6.08 Å². The molecule has 0 bridgehead atoms. The maximum absolute atomic E-state index is 12.8. The highest BCUT2D eigenvalue weighted by Gasteiger charge is 2.34. The summed E-state index contributed by atoms with van der Waals surface area (Å²) in [5, 5.41) is 2.52. The van der Waals surface area contributed by atoms with Gasteiger partial charge >= 0.3 is 12.0 Å². The summed E-state index contributed by atoms with van der Waals surface area (Å²) in [6, 6.07) is 5.53. The first-order valence-corrected chi connectivity index (χ1v) is 10.0. The van der Waals surface area contributed by atoms with Crippen LogP contribution in [0.25, 0.3) is 6.08 Å². The van der Waals surface area contributed by atoms with E-state index in [1.54, 1.807) is 18.2 Å². The first kappa shape index (κ1) is 24.1. The summed E-state index contributed by atoms with van der Waals surface area (Å²) in [6.45, 7) is 3.20. The molecule has 1 fully saturated rings. The smallest absolute Gasteiger partial charge is 0.373 e. The number of nitrogens with one attached hydrogen (secondary N) is 1. The summed E-state index contributed by atoms with van der Waals surface area (Å²) >= 11 is 0. The van der Waals surface area contributed by atoms with Crippen molar-refractivity contribution in [3.63, 3.8) is 0 Å². The number of carbonyl (C=O) groups excluding carboxylic acids is 4. The molecule has 3 N–H and O–H groups in total. The Morgan fingerprint density at radius 3 is 2.65 bits per heavy atom. The predicted molar refractivity (Wildman–Crippen MR) is 119 cm³/mol. The van der Waals surface area contributed by atoms with E-state index >= 15 is 0 Å². The number of esters is 1. The minimum Gasteiger partial charge on any atom is -0.493 e. The quantitative estimate of drug-likeness (QED) is 0.231. The number of nitrogens with two attached hydrogens (primary N) is 1. The van der Waals surface area contributed by atoms with Crippen molar-refractivity contribution in [2.45, 2.75) is 13.0 Å². The number of methoxy groups -OCH3 is 2.